The molecule has 0 unspecified atom stereocenters. The Labute approximate surface area is 200 Å². The molecule has 1 N–H and O–H groups in total. The summed E-state index contributed by atoms with van der Waals surface area (Å²) in [6.45, 7) is 2.63. The van der Waals surface area contributed by atoms with E-state index in [4.69, 9.17) is 4.74 Å². The number of nitrogens with one attached hydrogen (secondary N) is 1. The van der Waals surface area contributed by atoms with Gasteiger partial charge in [0.05, 0.1) is 16.3 Å². The van der Waals surface area contributed by atoms with E-state index < -0.39 is 26.7 Å². The zero-order valence-corrected chi connectivity index (χ0v) is 19.4. The number of imidazole rings is 1. The number of nitrogens with zero attached hydrogens (tertiary/aromatic N) is 4. The van der Waals surface area contributed by atoms with Gasteiger partial charge in [0.25, 0.3) is 18.3 Å². The molecule has 180 valence electrons. The first-order valence-corrected chi connectivity index (χ1v) is 12.1. The highest BCUT2D eigenvalue weighted by molar-refractivity contribution is 8.08. The minimum Gasteiger partial charge on any atom is -0.461 e. The molecule has 1 aliphatic heterocycles. The number of hydrazone groups is 1. The van der Waals surface area contributed by atoms with Gasteiger partial charge in [-0.1, -0.05) is 37.3 Å². The van der Waals surface area contributed by atoms with E-state index in [2.05, 4.69) is 15.5 Å². The molecule has 0 fully saturated rings. The molecule has 12 heteroatoms. The van der Waals surface area contributed by atoms with Crippen molar-refractivity contribution in [2.75, 3.05) is 10.3 Å². The second kappa shape index (κ2) is 9.89. The molecule has 11 nitrogen and oxygen atoms in total. The molecular formula is C23H21N5O6S. The fraction of sp³-hybridized carbons (Fsp3) is 0.174. The van der Waals surface area contributed by atoms with Crippen LogP contribution in [0.25, 0.3) is 0 Å². The minimum atomic E-state index is -4.35. The van der Waals surface area contributed by atoms with Gasteiger partial charge >= 0.3 is 0 Å². The number of rotatable bonds is 8. The number of fused-ring (bicyclic) bond motifs is 1. The molecular weight excluding hydrogens is 474 g/mol. The number of amides is 2. The molecule has 0 atom stereocenters. The highest BCUT2D eigenvalue weighted by atomic mass is 32.2. The molecule has 2 heterocycles. The van der Waals surface area contributed by atoms with Crippen LogP contribution in [-0.2, 0) is 37.3 Å². The van der Waals surface area contributed by atoms with Gasteiger partial charge in [0.1, 0.15) is 6.61 Å². The van der Waals surface area contributed by atoms with E-state index in [1.165, 1.54) is 36.4 Å². The minimum absolute atomic E-state index is 0.0499. The first-order valence-electron chi connectivity index (χ1n) is 10.6. The molecule has 1 aromatic heterocycles. The van der Waals surface area contributed by atoms with Crippen LogP contribution in [0, 0.1) is 0 Å². The van der Waals surface area contributed by atoms with Crippen LogP contribution in [0.1, 0.15) is 29.4 Å². The van der Waals surface area contributed by atoms with Gasteiger partial charge in [-0.05, 0) is 30.7 Å². The second-order valence-corrected chi connectivity index (χ2v) is 9.30. The topological polar surface area (TPSA) is 140 Å². The number of aromatic nitrogens is 2. The average molecular weight is 496 g/mol. The molecule has 35 heavy (non-hydrogen) atoms. The van der Waals surface area contributed by atoms with Crippen molar-refractivity contribution in [2.45, 2.75) is 31.4 Å². The Morgan fingerprint density at radius 1 is 1.14 bits per heavy atom. The van der Waals surface area contributed by atoms with Crippen molar-refractivity contribution in [2.24, 2.45) is 5.10 Å². The van der Waals surface area contributed by atoms with E-state index in [1.54, 1.807) is 29.0 Å². The Kier molecular flexibility index (Phi) is 6.73. The molecule has 0 aliphatic carbocycles. The number of aryl methyl sites for hydroxylation is 1. The smallest absolute Gasteiger partial charge is 0.298 e. The highest BCUT2D eigenvalue weighted by Crippen LogP contribution is 2.33. The van der Waals surface area contributed by atoms with Crippen LogP contribution in [0.15, 0.2) is 70.8 Å². The normalized spacial score (nSPS) is 15.5. The van der Waals surface area contributed by atoms with Crippen LogP contribution in [0.3, 0.4) is 0 Å². The number of para-hydroxylation sites is 1. The summed E-state index contributed by atoms with van der Waals surface area (Å²) in [7, 11) is -4.35. The van der Waals surface area contributed by atoms with Crippen molar-refractivity contribution in [3.63, 3.8) is 0 Å². The molecule has 3 aromatic rings. The average Bonchev–Trinajstić information content (AvgIpc) is 3.24. The number of anilines is 2. The molecule has 0 saturated carbocycles. The van der Waals surface area contributed by atoms with Crippen molar-refractivity contribution >= 4 is 44.8 Å². The lowest BCUT2D eigenvalue weighted by atomic mass is 10.1. The molecule has 2 aromatic carbocycles. The maximum absolute atomic E-state index is 13.4. The molecule has 2 amide bonds. The van der Waals surface area contributed by atoms with Crippen molar-refractivity contribution < 1.29 is 27.5 Å². The zero-order valence-electron chi connectivity index (χ0n) is 18.6. The number of sulfone groups is 1. The van der Waals surface area contributed by atoms with Crippen LogP contribution >= 0.6 is 0 Å². The van der Waals surface area contributed by atoms with E-state index in [0.29, 0.717) is 12.2 Å². The van der Waals surface area contributed by atoms with Gasteiger partial charge in [0.15, 0.2) is 0 Å². The maximum Gasteiger partial charge on any atom is 0.298 e. The second-order valence-electron chi connectivity index (χ2n) is 7.47. The third-order valence-corrected chi connectivity index (χ3v) is 6.81. The largest absolute Gasteiger partial charge is 0.461 e. The van der Waals surface area contributed by atoms with Crippen LogP contribution < -0.4 is 10.3 Å². The van der Waals surface area contributed by atoms with Gasteiger partial charge in [-0.3, -0.25) is 14.4 Å². The molecule has 1 aliphatic rings. The first kappa shape index (κ1) is 23.8. The Hall–Kier alpha value is -4.32. The number of carbonyl (C=O) groups excluding carboxylic acids is 3. The first-order chi connectivity index (χ1) is 16.9. The fourth-order valence-corrected chi connectivity index (χ4v) is 4.96. The molecule has 0 bridgehead atoms. The predicted molar refractivity (Wildman–Crippen MR) is 126 cm³/mol. The summed E-state index contributed by atoms with van der Waals surface area (Å²) in [5, 5.41) is 3.04. The van der Waals surface area contributed by atoms with E-state index in [-0.39, 0.29) is 35.2 Å². The van der Waals surface area contributed by atoms with Gasteiger partial charge in [-0.2, -0.15) is 5.10 Å². The monoisotopic (exact) mass is 495 g/mol. The number of hydrogen-bond acceptors (Lipinski definition) is 9. The van der Waals surface area contributed by atoms with Crippen molar-refractivity contribution in [3.05, 3.63) is 72.1 Å². The molecule has 0 radical (unpaired) electrons. The van der Waals surface area contributed by atoms with Gasteiger partial charge in [-0.15, -0.1) is 0 Å². The fourth-order valence-electron chi connectivity index (χ4n) is 3.57. The predicted octanol–water partition coefficient (Wildman–Crippen LogP) is 2.35. The lowest BCUT2D eigenvalue weighted by Crippen LogP contribution is -2.48. The summed E-state index contributed by atoms with van der Waals surface area (Å²) in [6, 6.07) is 13.8. The zero-order chi connectivity index (χ0) is 25.0. The Bertz CT molecular complexity index is 1420. The lowest BCUT2D eigenvalue weighted by Gasteiger charge is -2.28. The number of benzene rings is 2. The van der Waals surface area contributed by atoms with Crippen molar-refractivity contribution in [1.82, 2.24) is 9.55 Å². The number of imide groups is 1. The Morgan fingerprint density at radius 3 is 2.57 bits per heavy atom. The molecule has 0 saturated heterocycles. The lowest BCUT2D eigenvalue weighted by molar-refractivity contribution is -0.129. The standard InChI is InChI=1S/C23H21N5O6S/c1-2-12-27-13-17(14-34-15-29)24-23(27)26-25-20-22(31)28(21(30)16-8-4-3-5-9-16)18-10-6-7-11-19(18)35(20,32)33/h3-11,13,15H,2,12,14H2,1H3,(H,24,26). The van der Waals surface area contributed by atoms with E-state index in [0.717, 1.165) is 11.3 Å². The third kappa shape index (κ3) is 4.55. The van der Waals surface area contributed by atoms with E-state index >= 15 is 0 Å². The van der Waals surface area contributed by atoms with E-state index in [9.17, 15) is 22.8 Å². The van der Waals surface area contributed by atoms with E-state index in [1.807, 2.05) is 6.92 Å². The number of ether oxygens (including phenoxy) is 1. The van der Waals surface area contributed by atoms with Crippen molar-refractivity contribution in [3.8, 4) is 0 Å². The highest BCUT2D eigenvalue weighted by Gasteiger charge is 2.44. The van der Waals surface area contributed by atoms with Crippen molar-refractivity contribution in [1.29, 1.82) is 0 Å². The van der Waals surface area contributed by atoms with Gasteiger partial charge < -0.3 is 9.30 Å². The maximum atomic E-state index is 13.4. The van der Waals surface area contributed by atoms with Gasteiger partial charge in [-0.25, -0.2) is 23.7 Å². The summed E-state index contributed by atoms with van der Waals surface area (Å²) in [4.78, 5) is 41.9. The molecule has 0 spiro atoms. The summed E-state index contributed by atoms with van der Waals surface area (Å²) < 4.78 is 32.9. The van der Waals surface area contributed by atoms with Crippen LogP contribution in [0.5, 0.6) is 0 Å². The SMILES string of the molecule is CCCn1cc(COC=O)nc1NN=C1C(=O)N(C(=O)c2ccccc2)c2ccccc2S1(=O)=O. The third-order valence-electron chi connectivity index (χ3n) is 5.11. The number of carbonyl (C=O) groups is 3. The van der Waals surface area contributed by atoms with Gasteiger partial charge in [0.2, 0.25) is 20.8 Å². The quantitative estimate of drug-likeness (QED) is 0.285. The van der Waals surface area contributed by atoms with Crippen LogP contribution in [0.4, 0.5) is 11.6 Å². The van der Waals surface area contributed by atoms with Crippen LogP contribution in [-0.4, -0.2) is 41.3 Å². The number of hydrogen-bond donors (Lipinski definition) is 1. The Balaban J connectivity index is 1.77. The van der Waals surface area contributed by atoms with Gasteiger partial charge in [0, 0.05) is 18.3 Å². The summed E-state index contributed by atoms with van der Waals surface area (Å²) in [5.41, 5.74) is 3.10. The summed E-state index contributed by atoms with van der Waals surface area (Å²) >= 11 is 0. The molecule has 4 rings (SSSR count). The summed E-state index contributed by atoms with van der Waals surface area (Å²) in [6.07, 6.45) is 2.34. The summed E-state index contributed by atoms with van der Waals surface area (Å²) in [5.74, 6) is -1.64. The van der Waals surface area contributed by atoms with Crippen LogP contribution in [0.2, 0.25) is 0 Å². The Morgan fingerprint density at radius 2 is 1.86 bits per heavy atom.